The number of hydrogen-bond donors (Lipinski definition) is 1. The Morgan fingerprint density at radius 3 is 2.71 bits per heavy atom. The maximum Gasteiger partial charge on any atom is 0.330 e. The number of alkyl halides is 1. The molecule has 0 saturated carbocycles. The third-order valence-corrected chi connectivity index (χ3v) is 9.11. The van der Waals surface area contributed by atoms with Gasteiger partial charge in [0, 0.05) is 22.7 Å². The van der Waals surface area contributed by atoms with Crippen molar-refractivity contribution >= 4 is 56.3 Å². The molecule has 2 fully saturated rings. The highest BCUT2D eigenvalue weighted by molar-refractivity contribution is 9.10. The Labute approximate surface area is 192 Å². The molecule has 3 heterocycles. The van der Waals surface area contributed by atoms with E-state index >= 15 is 0 Å². The van der Waals surface area contributed by atoms with E-state index in [1.165, 1.54) is 22.7 Å². The fourth-order valence-electron chi connectivity index (χ4n) is 4.35. The zero-order valence-corrected chi connectivity index (χ0v) is 19.8. The number of thioether (sulfide) groups is 1. The number of carbonyl (C=O) groups is 3. The number of nitrogens with zero attached hydrogens (tertiary/aromatic N) is 2. The number of benzene rings is 1. The number of aromatic nitrogens is 1. The average Bonchev–Trinajstić information content (AvgIpc) is 3.22. The Kier molecular flexibility index (Phi) is 5.34. The second kappa shape index (κ2) is 7.50. The molecular formula is C22H23BrN2O5S. The van der Waals surface area contributed by atoms with Crippen molar-refractivity contribution in [2.45, 2.75) is 40.4 Å². The largest absolute Gasteiger partial charge is 0.460 e. The number of aliphatic hydroxyl groups excluding tert-OH is 1. The molecule has 0 bridgehead atoms. The number of ether oxygens (including phenoxy) is 1. The maximum absolute atomic E-state index is 13.2. The number of Topliss-reactive ketones (excluding diaryl/α,β-unsaturated/α-hetero) is 1. The van der Waals surface area contributed by atoms with Gasteiger partial charge in [-0.05, 0) is 26.0 Å². The molecule has 7 nitrogen and oxygen atoms in total. The van der Waals surface area contributed by atoms with Gasteiger partial charge in [0.15, 0.2) is 4.32 Å². The van der Waals surface area contributed by atoms with Gasteiger partial charge in [0.25, 0.3) is 0 Å². The smallest absolute Gasteiger partial charge is 0.330 e. The minimum atomic E-state index is -1.62. The van der Waals surface area contributed by atoms with Crippen LogP contribution in [0, 0.1) is 0 Å². The second-order valence-corrected chi connectivity index (χ2v) is 11.3. The average molecular weight is 507 g/mol. The number of para-hydroxylation sites is 1. The van der Waals surface area contributed by atoms with Crippen molar-refractivity contribution in [2.75, 3.05) is 6.61 Å². The van der Waals surface area contributed by atoms with Crippen molar-refractivity contribution in [3.05, 3.63) is 48.7 Å². The van der Waals surface area contributed by atoms with Crippen molar-refractivity contribution in [3.63, 3.8) is 0 Å². The number of aryl methyl sites for hydroxylation is 1. The molecule has 164 valence electrons. The quantitative estimate of drug-likeness (QED) is 0.213. The Balaban J connectivity index is 1.64. The molecule has 0 radical (unpaired) electrons. The lowest BCUT2D eigenvalue weighted by Gasteiger charge is -2.51. The van der Waals surface area contributed by atoms with Crippen LogP contribution in [-0.4, -0.2) is 65.4 Å². The summed E-state index contributed by atoms with van der Waals surface area (Å²) in [6.45, 7) is 7.26. The number of fused-ring (bicyclic) bond motifs is 2. The number of halogens is 1. The first-order chi connectivity index (χ1) is 14.6. The minimum Gasteiger partial charge on any atom is -0.460 e. The molecule has 4 rings (SSSR count). The maximum atomic E-state index is 13.2. The molecule has 2 aromatic rings. The summed E-state index contributed by atoms with van der Waals surface area (Å²) in [6.07, 6.45) is -0.154. The molecule has 1 N–H and O–H groups in total. The predicted octanol–water partition coefficient (Wildman–Crippen LogP) is 2.65. The van der Waals surface area contributed by atoms with Crippen molar-refractivity contribution < 1.29 is 24.2 Å². The number of esters is 1. The van der Waals surface area contributed by atoms with Crippen LogP contribution in [0.1, 0.15) is 24.3 Å². The number of amides is 1. The molecule has 0 aliphatic carbocycles. The Bertz CT molecular complexity index is 1110. The van der Waals surface area contributed by atoms with Crippen LogP contribution >= 0.6 is 27.7 Å². The van der Waals surface area contributed by atoms with Crippen LogP contribution < -0.4 is 0 Å². The summed E-state index contributed by atoms with van der Waals surface area (Å²) in [5.41, 5.74) is 1.16. The lowest BCUT2D eigenvalue weighted by atomic mass is 9.85. The van der Waals surface area contributed by atoms with E-state index in [2.05, 4.69) is 22.5 Å². The summed E-state index contributed by atoms with van der Waals surface area (Å²) in [6, 6.07) is 8.39. The van der Waals surface area contributed by atoms with Crippen LogP contribution in [0.2, 0.25) is 0 Å². The number of ketones is 1. The minimum absolute atomic E-state index is 0.0460. The SMILES string of the molecule is C=CCOC(=O)[C@@H]1N2C(=O)C(Br)(C(O)C(=O)c3cc4ccccc4n3C)[C@H]2SC1(C)C. The molecular weight excluding hydrogens is 484 g/mol. The van der Waals surface area contributed by atoms with E-state index in [1.807, 2.05) is 38.1 Å². The molecule has 2 aliphatic heterocycles. The van der Waals surface area contributed by atoms with Crippen LogP contribution in [0.15, 0.2) is 43.0 Å². The molecule has 9 heteroatoms. The fourth-order valence-corrected chi connectivity index (χ4v) is 6.91. The number of hydrogen-bond acceptors (Lipinski definition) is 6. The van der Waals surface area contributed by atoms with Gasteiger partial charge < -0.3 is 19.3 Å². The Hall–Kier alpha value is -2.10. The van der Waals surface area contributed by atoms with Crippen LogP contribution in [0.3, 0.4) is 0 Å². The number of rotatable bonds is 6. The molecule has 2 unspecified atom stereocenters. The van der Waals surface area contributed by atoms with E-state index in [4.69, 9.17) is 4.74 Å². The van der Waals surface area contributed by atoms with E-state index in [-0.39, 0.29) is 6.61 Å². The highest BCUT2D eigenvalue weighted by Gasteiger charge is 2.74. The van der Waals surface area contributed by atoms with E-state index in [1.54, 1.807) is 17.7 Å². The number of aliphatic hydroxyl groups is 1. The highest BCUT2D eigenvalue weighted by atomic mass is 79.9. The van der Waals surface area contributed by atoms with Crippen LogP contribution in [0.5, 0.6) is 0 Å². The molecule has 2 aliphatic rings. The third kappa shape index (κ3) is 3.08. The third-order valence-electron chi connectivity index (χ3n) is 5.94. The molecule has 1 amide bonds. The monoisotopic (exact) mass is 506 g/mol. The molecule has 1 aromatic heterocycles. The molecule has 31 heavy (non-hydrogen) atoms. The van der Waals surface area contributed by atoms with Gasteiger partial charge in [0.1, 0.15) is 24.1 Å². The van der Waals surface area contributed by atoms with Crippen molar-refractivity contribution in [1.82, 2.24) is 9.47 Å². The van der Waals surface area contributed by atoms with Crippen molar-refractivity contribution in [2.24, 2.45) is 7.05 Å². The molecule has 0 spiro atoms. The second-order valence-electron chi connectivity index (χ2n) is 8.29. The predicted molar refractivity (Wildman–Crippen MR) is 122 cm³/mol. The first-order valence-electron chi connectivity index (χ1n) is 9.79. The van der Waals surface area contributed by atoms with Gasteiger partial charge in [0.05, 0.1) is 5.69 Å². The van der Waals surface area contributed by atoms with Gasteiger partial charge in [-0.3, -0.25) is 9.59 Å². The normalized spacial score (nSPS) is 27.5. The topological polar surface area (TPSA) is 88.8 Å². The summed E-state index contributed by atoms with van der Waals surface area (Å²) in [5.74, 6) is -1.59. The van der Waals surface area contributed by atoms with E-state index in [0.29, 0.717) is 5.69 Å². The van der Waals surface area contributed by atoms with Crippen LogP contribution in [0.4, 0.5) is 0 Å². The zero-order chi connectivity index (χ0) is 22.7. The van der Waals surface area contributed by atoms with Crippen LogP contribution in [0.25, 0.3) is 10.9 Å². The summed E-state index contributed by atoms with van der Waals surface area (Å²) in [4.78, 5) is 40.5. The van der Waals surface area contributed by atoms with E-state index in [0.717, 1.165) is 10.9 Å². The van der Waals surface area contributed by atoms with E-state index < -0.39 is 44.3 Å². The number of carbonyl (C=O) groups excluding carboxylic acids is 3. The van der Waals surface area contributed by atoms with Gasteiger partial charge in [-0.1, -0.05) is 46.8 Å². The summed E-state index contributed by atoms with van der Waals surface area (Å²) >= 11 is 4.75. The van der Waals surface area contributed by atoms with Crippen molar-refractivity contribution in [1.29, 1.82) is 0 Å². The lowest BCUT2D eigenvalue weighted by Crippen LogP contribution is -2.75. The Morgan fingerprint density at radius 2 is 2.06 bits per heavy atom. The molecule has 2 saturated heterocycles. The standard InChI is InChI=1S/C22H23BrN2O5S/c1-5-10-30-18(28)16-21(2,3)31-20-22(23,19(29)25(16)20)17(27)15(26)14-11-12-8-6-7-9-13(12)24(14)4/h5-9,11,16-17,20,27H,1,10H2,2-4H3/t16-,17?,20+,22?/m0/s1. The first-order valence-corrected chi connectivity index (χ1v) is 11.5. The molecule has 4 atom stereocenters. The summed E-state index contributed by atoms with van der Waals surface area (Å²) in [7, 11) is 1.75. The summed E-state index contributed by atoms with van der Waals surface area (Å²) < 4.78 is 4.73. The fraction of sp³-hybridized carbons (Fsp3) is 0.409. The summed E-state index contributed by atoms with van der Waals surface area (Å²) in [5, 5.41) is 11.3. The van der Waals surface area contributed by atoms with Gasteiger partial charge >= 0.3 is 5.97 Å². The van der Waals surface area contributed by atoms with E-state index in [9.17, 15) is 19.5 Å². The zero-order valence-electron chi connectivity index (χ0n) is 17.4. The van der Waals surface area contributed by atoms with Crippen LogP contribution in [-0.2, 0) is 21.4 Å². The lowest BCUT2D eigenvalue weighted by molar-refractivity contribution is -0.166. The Morgan fingerprint density at radius 1 is 1.39 bits per heavy atom. The van der Waals surface area contributed by atoms with Gasteiger partial charge in [-0.25, -0.2) is 4.79 Å². The number of β-lactam (4-membered cyclic amide) rings is 1. The molecule has 1 aromatic carbocycles. The van der Waals surface area contributed by atoms with Gasteiger partial charge in [-0.15, -0.1) is 11.8 Å². The van der Waals surface area contributed by atoms with Gasteiger partial charge in [0.2, 0.25) is 11.7 Å². The van der Waals surface area contributed by atoms with Gasteiger partial charge in [-0.2, -0.15) is 0 Å². The highest BCUT2D eigenvalue weighted by Crippen LogP contribution is 2.59. The van der Waals surface area contributed by atoms with Crippen molar-refractivity contribution in [3.8, 4) is 0 Å². The first kappa shape index (κ1) is 22.1.